The number of hydrogen-bond acceptors (Lipinski definition) is 2. The summed E-state index contributed by atoms with van der Waals surface area (Å²) < 4.78 is 0. The van der Waals surface area contributed by atoms with Gasteiger partial charge in [0.15, 0.2) is 6.67 Å². The van der Waals surface area contributed by atoms with Gasteiger partial charge in [-0.15, -0.1) is 0 Å². The summed E-state index contributed by atoms with van der Waals surface area (Å²) in [6.07, 6.45) is 3.99. The van der Waals surface area contributed by atoms with E-state index in [9.17, 15) is 9.59 Å². The fraction of sp³-hybridized carbons (Fsp3) is 0.667. The van der Waals surface area contributed by atoms with Gasteiger partial charge in [0.1, 0.15) is 38.3 Å². The van der Waals surface area contributed by atoms with Gasteiger partial charge in [0.05, 0.1) is 0 Å². The van der Waals surface area contributed by atoms with Crippen molar-refractivity contribution in [2.75, 3.05) is 32.8 Å². The Morgan fingerprint density at radius 1 is 1.07 bits per heavy atom. The Labute approximate surface area is 180 Å². The van der Waals surface area contributed by atoms with E-state index in [2.05, 4.69) is 50.4 Å². The molecular weight excluding hydrogens is 376 g/mol. The van der Waals surface area contributed by atoms with Crippen molar-refractivity contribution < 1.29 is 19.4 Å². The maximum atomic E-state index is 13.2. The number of urea groups is 1. The highest BCUT2D eigenvalue weighted by molar-refractivity contribution is 6.07. The number of imide groups is 1. The number of nitrogens with zero attached hydrogens (tertiary/aromatic N) is 1. The standard InChI is InChI=1S/C24H36N4O2/c1-18(2)21-9-7-20(8-10-21)16-26-12-14-27(15-13-26)17-28-22(29)24(25-23(28)30)11-5-4-6-19(24)3/h7-10,18-19H,4-6,11-17H2,1-3H3,(H,25,30)/p+2/t19-,24-/m0/s1. The zero-order valence-corrected chi connectivity index (χ0v) is 18.8. The summed E-state index contributed by atoms with van der Waals surface area (Å²) in [5.41, 5.74) is 2.14. The normalized spacial score (nSPS) is 32.1. The molecule has 4 rings (SSSR count). The summed E-state index contributed by atoms with van der Waals surface area (Å²) in [6.45, 7) is 12.3. The highest BCUT2D eigenvalue weighted by Crippen LogP contribution is 2.37. The number of rotatable bonds is 5. The van der Waals surface area contributed by atoms with E-state index < -0.39 is 5.54 Å². The summed E-state index contributed by atoms with van der Waals surface area (Å²) in [6, 6.07) is 8.85. The molecule has 3 aliphatic rings. The van der Waals surface area contributed by atoms with Gasteiger partial charge < -0.3 is 15.1 Å². The van der Waals surface area contributed by atoms with Crippen LogP contribution in [0, 0.1) is 5.92 Å². The van der Waals surface area contributed by atoms with E-state index >= 15 is 0 Å². The van der Waals surface area contributed by atoms with Crippen molar-refractivity contribution >= 4 is 11.9 Å². The number of carbonyl (C=O) groups is 2. The molecule has 0 aromatic heterocycles. The van der Waals surface area contributed by atoms with Crippen LogP contribution >= 0.6 is 0 Å². The molecule has 0 bridgehead atoms. The molecule has 2 heterocycles. The lowest BCUT2D eigenvalue weighted by Crippen LogP contribution is -3.28. The average Bonchev–Trinajstić information content (AvgIpc) is 2.97. The molecule has 1 aromatic rings. The average molecular weight is 415 g/mol. The molecule has 1 spiro atoms. The van der Waals surface area contributed by atoms with Crippen LogP contribution in [0.2, 0.25) is 0 Å². The Hall–Kier alpha value is -1.92. The molecule has 6 heteroatoms. The Bertz CT molecular complexity index is 770. The van der Waals surface area contributed by atoms with Crippen molar-refractivity contribution in [3.8, 4) is 0 Å². The van der Waals surface area contributed by atoms with E-state index in [1.54, 1.807) is 4.90 Å². The molecule has 30 heavy (non-hydrogen) atoms. The van der Waals surface area contributed by atoms with Crippen LogP contribution in [0.5, 0.6) is 0 Å². The van der Waals surface area contributed by atoms with E-state index in [1.165, 1.54) is 20.9 Å². The van der Waals surface area contributed by atoms with Crippen molar-refractivity contribution in [2.45, 2.75) is 64.5 Å². The van der Waals surface area contributed by atoms with Crippen LogP contribution in [-0.4, -0.2) is 55.2 Å². The number of quaternary nitrogens is 2. The topological polar surface area (TPSA) is 58.3 Å². The Morgan fingerprint density at radius 3 is 2.37 bits per heavy atom. The highest BCUT2D eigenvalue weighted by atomic mass is 16.2. The van der Waals surface area contributed by atoms with E-state index in [4.69, 9.17) is 0 Å². The summed E-state index contributed by atoms with van der Waals surface area (Å²) in [5.74, 6) is 0.818. The monoisotopic (exact) mass is 414 g/mol. The summed E-state index contributed by atoms with van der Waals surface area (Å²) >= 11 is 0. The second-order valence-corrected chi connectivity index (χ2v) is 10.0. The molecule has 0 unspecified atom stereocenters. The van der Waals surface area contributed by atoms with E-state index in [0.717, 1.165) is 58.4 Å². The van der Waals surface area contributed by atoms with Crippen molar-refractivity contribution in [3.63, 3.8) is 0 Å². The number of benzene rings is 1. The number of carbonyl (C=O) groups excluding carboxylic acids is 2. The minimum atomic E-state index is -0.635. The van der Waals surface area contributed by atoms with Gasteiger partial charge in [0.2, 0.25) is 0 Å². The highest BCUT2D eigenvalue weighted by Gasteiger charge is 2.55. The van der Waals surface area contributed by atoms with Gasteiger partial charge >= 0.3 is 6.03 Å². The van der Waals surface area contributed by atoms with Crippen LogP contribution in [0.3, 0.4) is 0 Å². The molecule has 0 radical (unpaired) electrons. The van der Waals surface area contributed by atoms with Gasteiger partial charge in [0.25, 0.3) is 5.91 Å². The first-order valence-corrected chi connectivity index (χ1v) is 11.8. The molecule has 1 aliphatic carbocycles. The molecule has 2 saturated heterocycles. The van der Waals surface area contributed by atoms with Gasteiger partial charge in [-0.25, -0.2) is 9.69 Å². The molecule has 2 aliphatic heterocycles. The van der Waals surface area contributed by atoms with Gasteiger partial charge in [0, 0.05) is 5.56 Å². The molecule has 164 valence electrons. The fourth-order valence-corrected chi connectivity index (χ4v) is 5.46. The molecule has 2 atom stereocenters. The van der Waals surface area contributed by atoms with E-state index in [0.29, 0.717) is 12.6 Å². The van der Waals surface area contributed by atoms with Gasteiger partial charge in [-0.05, 0) is 30.2 Å². The third-order valence-electron chi connectivity index (χ3n) is 7.65. The number of piperazine rings is 1. The maximum absolute atomic E-state index is 13.2. The zero-order valence-electron chi connectivity index (χ0n) is 18.8. The van der Waals surface area contributed by atoms with E-state index in [1.807, 2.05) is 0 Å². The SMILES string of the molecule is CC(C)c1ccc(C[NH+]2CC[NH+](CN3C(=O)N[C@]4(CCCC[C@@H]4C)C3=O)CC2)cc1. The first-order valence-electron chi connectivity index (χ1n) is 11.8. The predicted molar refractivity (Wildman–Crippen MR) is 116 cm³/mol. The van der Waals surface area contributed by atoms with Crippen LogP contribution < -0.4 is 15.1 Å². The molecule has 3 fully saturated rings. The lowest BCUT2D eigenvalue weighted by Gasteiger charge is -2.37. The smallest absolute Gasteiger partial charge is 0.323 e. The Kier molecular flexibility index (Phi) is 6.16. The number of amides is 3. The maximum Gasteiger partial charge on any atom is 0.329 e. The van der Waals surface area contributed by atoms with Crippen LogP contribution in [0.4, 0.5) is 4.79 Å². The second-order valence-electron chi connectivity index (χ2n) is 10.0. The second kappa shape index (κ2) is 8.67. The van der Waals surface area contributed by atoms with Crippen LogP contribution in [0.15, 0.2) is 24.3 Å². The quantitative estimate of drug-likeness (QED) is 0.617. The van der Waals surface area contributed by atoms with Crippen LogP contribution in [-0.2, 0) is 11.3 Å². The van der Waals surface area contributed by atoms with Crippen molar-refractivity contribution in [1.29, 1.82) is 0 Å². The summed E-state index contributed by atoms with van der Waals surface area (Å²) in [7, 11) is 0. The molecular formula is C24H38N4O2+2. The molecule has 1 saturated carbocycles. The number of hydrogen-bond donors (Lipinski definition) is 3. The first kappa shape index (κ1) is 21.3. The van der Waals surface area contributed by atoms with Crippen molar-refractivity contribution in [2.24, 2.45) is 5.92 Å². The molecule has 3 N–H and O–H groups in total. The lowest BCUT2D eigenvalue weighted by molar-refractivity contribution is -1.02. The summed E-state index contributed by atoms with van der Waals surface area (Å²) in [4.78, 5) is 30.3. The minimum Gasteiger partial charge on any atom is -0.323 e. The van der Waals surface area contributed by atoms with Crippen LogP contribution in [0.1, 0.15) is 63.5 Å². The third kappa shape index (κ3) is 4.12. The van der Waals surface area contributed by atoms with Crippen molar-refractivity contribution in [1.82, 2.24) is 10.2 Å². The largest absolute Gasteiger partial charge is 0.329 e. The van der Waals surface area contributed by atoms with Gasteiger partial charge in [-0.3, -0.25) is 4.79 Å². The van der Waals surface area contributed by atoms with Gasteiger partial charge in [-0.1, -0.05) is 57.9 Å². The van der Waals surface area contributed by atoms with Crippen molar-refractivity contribution in [3.05, 3.63) is 35.4 Å². The lowest BCUT2D eigenvalue weighted by atomic mass is 9.73. The van der Waals surface area contributed by atoms with Gasteiger partial charge in [-0.2, -0.15) is 0 Å². The van der Waals surface area contributed by atoms with E-state index in [-0.39, 0.29) is 17.9 Å². The molecule has 3 amide bonds. The fourth-order valence-electron chi connectivity index (χ4n) is 5.46. The first-order chi connectivity index (χ1) is 14.4. The Morgan fingerprint density at radius 2 is 1.73 bits per heavy atom. The summed E-state index contributed by atoms with van der Waals surface area (Å²) in [5, 5.41) is 3.08. The minimum absolute atomic E-state index is 0.0206. The van der Waals surface area contributed by atoms with Crippen LogP contribution in [0.25, 0.3) is 0 Å². The number of nitrogens with one attached hydrogen (secondary N) is 3. The molecule has 1 aromatic carbocycles. The zero-order chi connectivity index (χ0) is 21.3. The molecule has 6 nitrogen and oxygen atoms in total. The third-order valence-corrected chi connectivity index (χ3v) is 7.65. The predicted octanol–water partition coefficient (Wildman–Crippen LogP) is 0.552. The Balaban J connectivity index is 1.29.